The molecule has 0 radical (unpaired) electrons. The highest BCUT2D eigenvalue weighted by Gasteiger charge is 2.31. The Labute approximate surface area is 242 Å². The molecule has 1 N–H and O–H groups in total. The van der Waals surface area contributed by atoms with Gasteiger partial charge in [-0.25, -0.2) is 0 Å². The van der Waals surface area contributed by atoms with Gasteiger partial charge in [0.25, 0.3) is 0 Å². The summed E-state index contributed by atoms with van der Waals surface area (Å²) in [7, 11) is 0. The minimum atomic E-state index is -0.674. The molecule has 0 unspecified atom stereocenters. The maximum atomic E-state index is 13.7. The standard InChI is InChI=1S/C29H31BrCl2N2O2S/c1-3-20(2)33-29(36)27(16-21-7-5-4-6-8-21)34(17-23-11-14-25(31)26(32)15-23)28(35)19-37-18-22-9-12-24(30)13-10-22/h4-15,20,27H,3,16-19H2,1-2H3,(H,33,36)/t20-,27+/m1/s1. The van der Waals surface area contributed by atoms with Crippen molar-refractivity contribution in [1.29, 1.82) is 0 Å². The van der Waals surface area contributed by atoms with Crippen LogP contribution in [-0.2, 0) is 28.3 Å². The lowest BCUT2D eigenvalue weighted by Gasteiger charge is -2.32. The van der Waals surface area contributed by atoms with Crippen LogP contribution in [0.4, 0.5) is 0 Å². The molecule has 0 aliphatic heterocycles. The van der Waals surface area contributed by atoms with Crippen LogP contribution in [0.1, 0.15) is 37.0 Å². The van der Waals surface area contributed by atoms with Crippen molar-refractivity contribution in [2.75, 3.05) is 5.75 Å². The summed E-state index contributed by atoms with van der Waals surface area (Å²) >= 11 is 17.4. The Morgan fingerprint density at radius 3 is 2.27 bits per heavy atom. The van der Waals surface area contributed by atoms with Crippen LogP contribution < -0.4 is 5.32 Å². The first kappa shape index (κ1) is 29.6. The minimum absolute atomic E-state index is 0.000480. The summed E-state index contributed by atoms with van der Waals surface area (Å²) < 4.78 is 1.02. The number of rotatable bonds is 12. The molecule has 37 heavy (non-hydrogen) atoms. The van der Waals surface area contributed by atoms with E-state index in [-0.39, 0.29) is 30.2 Å². The fraction of sp³-hybridized carbons (Fsp3) is 0.310. The number of thioether (sulfide) groups is 1. The van der Waals surface area contributed by atoms with Crippen LogP contribution in [0, 0.1) is 0 Å². The first-order valence-corrected chi connectivity index (χ1v) is 14.9. The van der Waals surface area contributed by atoms with Crippen LogP contribution in [0.25, 0.3) is 0 Å². The van der Waals surface area contributed by atoms with E-state index >= 15 is 0 Å². The van der Waals surface area contributed by atoms with Crippen LogP contribution in [0.15, 0.2) is 77.3 Å². The summed E-state index contributed by atoms with van der Waals surface area (Å²) in [6.45, 7) is 4.24. The highest BCUT2D eigenvalue weighted by Crippen LogP contribution is 2.25. The highest BCUT2D eigenvalue weighted by molar-refractivity contribution is 9.10. The van der Waals surface area contributed by atoms with Gasteiger partial charge in [-0.1, -0.05) is 94.6 Å². The Morgan fingerprint density at radius 2 is 1.62 bits per heavy atom. The molecule has 2 amide bonds. The third kappa shape index (κ3) is 9.36. The van der Waals surface area contributed by atoms with E-state index in [9.17, 15) is 9.59 Å². The zero-order valence-corrected chi connectivity index (χ0v) is 24.8. The SMILES string of the molecule is CC[C@@H](C)NC(=O)[C@H](Cc1ccccc1)N(Cc1ccc(Cl)c(Cl)c1)C(=O)CSCc1ccc(Br)cc1. The Kier molecular flexibility index (Phi) is 11.8. The zero-order chi connectivity index (χ0) is 26.8. The fourth-order valence-corrected chi connectivity index (χ4v) is 5.21. The number of halogens is 3. The molecule has 0 bridgehead atoms. The van der Waals surface area contributed by atoms with Gasteiger partial charge in [-0.3, -0.25) is 9.59 Å². The number of hydrogen-bond donors (Lipinski definition) is 1. The quantitative estimate of drug-likeness (QED) is 0.227. The van der Waals surface area contributed by atoms with Crippen molar-refractivity contribution in [3.05, 3.63) is 104 Å². The number of hydrogen-bond acceptors (Lipinski definition) is 3. The summed E-state index contributed by atoms with van der Waals surface area (Å²) in [6.07, 6.45) is 1.21. The number of carbonyl (C=O) groups is 2. The molecule has 0 saturated heterocycles. The number of nitrogens with zero attached hydrogens (tertiary/aromatic N) is 1. The number of nitrogens with one attached hydrogen (secondary N) is 1. The first-order valence-electron chi connectivity index (χ1n) is 12.2. The lowest BCUT2D eigenvalue weighted by atomic mass is 10.0. The van der Waals surface area contributed by atoms with Crippen LogP contribution >= 0.6 is 50.9 Å². The maximum absolute atomic E-state index is 13.7. The molecule has 196 valence electrons. The molecule has 0 spiro atoms. The lowest BCUT2D eigenvalue weighted by Crippen LogP contribution is -2.52. The summed E-state index contributed by atoms with van der Waals surface area (Å²) in [5, 5.41) is 3.95. The Morgan fingerprint density at radius 1 is 0.946 bits per heavy atom. The van der Waals surface area contributed by atoms with Gasteiger partial charge in [-0.05, 0) is 54.3 Å². The molecular weight excluding hydrogens is 591 g/mol. The topological polar surface area (TPSA) is 49.4 Å². The third-order valence-corrected chi connectivity index (χ3v) is 8.27. The van der Waals surface area contributed by atoms with E-state index in [2.05, 4.69) is 21.2 Å². The van der Waals surface area contributed by atoms with Gasteiger partial charge in [0.15, 0.2) is 0 Å². The number of amides is 2. The van der Waals surface area contributed by atoms with E-state index in [0.717, 1.165) is 27.6 Å². The molecule has 3 rings (SSSR count). The number of benzene rings is 3. The molecule has 0 saturated carbocycles. The smallest absolute Gasteiger partial charge is 0.243 e. The van der Waals surface area contributed by atoms with Crippen molar-refractivity contribution in [1.82, 2.24) is 10.2 Å². The predicted molar refractivity (Wildman–Crippen MR) is 159 cm³/mol. The Balaban J connectivity index is 1.87. The van der Waals surface area contributed by atoms with Crippen molar-refractivity contribution in [3.8, 4) is 0 Å². The monoisotopic (exact) mass is 620 g/mol. The second-order valence-corrected chi connectivity index (χ2v) is 11.6. The van der Waals surface area contributed by atoms with Gasteiger partial charge in [0.2, 0.25) is 11.8 Å². The second-order valence-electron chi connectivity index (χ2n) is 8.91. The van der Waals surface area contributed by atoms with Gasteiger partial charge in [0, 0.05) is 29.2 Å². The molecule has 3 aromatic rings. The van der Waals surface area contributed by atoms with Crippen molar-refractivity contribution < 1.29 is 9.59 Å². The Bertz CT molecular complexity index is 1180. The van der Waals surface area contributed by atoms with Crippen LogP contribution in [-0.4, -0.2) is 34.6 Å². The average Bonchev–Trinajstić information content (AvgIpc) is 2.89. The van der Waals surface area contributed by atoms with E-state index in [4.69, 9.17) is 23.2 Å². The van der Waals surface area contributed by atoms with Crippen molar-refractivity contribution in [2.24, 2.45) is 0 Å². The van der Waals surface area contributed by atoms with E-state index < -0.39 is 6.04 Å². The molecule has 8 heteroatoms. The summed E-state index contributed by atoms with van der Waals surface area (Å²) in [4.78, 5) is 28.9. The van der Waals surface area contributed by atoms with E-state index in [1.165, 1.54) is 11.8 Å². The van der Waals surface area contributed by atoms with Gasteiger partial charge in [0.1, 0.15) is 6.04 Å². The maximum Gasteiger partial charge on any atom is 0.243 e. The molecule has 0 aliphatic carbocycles. The summed E-state index contributed by atoms with van der Waals surface area (Å²) in [5.74, 6) is 0.680. The van der Waals surface area contributed by atoms with Gasteiger partial charge >= 0.3 is 0 Å². The summed E-state index contributed by atoms with van der Waals surface area (Å²) in [5.41, 5.74) is 2.93. The molecule has 0 heterocycles. The largest absolute Gasteiger partial charge is 0.352 e. The summed E-state index contributed by atoms with van der Waals surface area (Å²) in [6, 6.07) is 22.5. The first-order chi connectivity index (χ1) is 17.8. The highest BCUT2D eigenvalue weighted by atomic mass is 79.9. The van der Waals surface area contributed by atoms with Gasteiger partial charge in [-0.2, -0.15) is 0 Å². The zero-order valence-electron chi connectivity index (χ0n) is 20.9. The minimum Gasteiger partial charge on any atom is -0.352 e. The molecule has 4 nitrogen and oxygen atoms in total. The van der Waals surface area contributed by atoms with E-state index in [0.29, 0.717) is 22.2 Å². The molecule has 2 atom stereocenters. The lowest BCUT2D eigenvalue weighted by molar-refractivity contribution is -0.139. The molecule has 3 aromatic carbocycles. The van der Waals surface area contributed by atoms with Crippen molar-refractivity contribution in [3.63, 3.8) is 0 Å². The normalized spacial score (nSPS) is 12.6. The fourth-order valence-electron chi connectivity index (χ4n) is 3.75. The Hall–Kier alpha value is -1.99. The van der Waals surface area contributed by atoms with Crippen molar-refractivity contribution in [2.45, 2.75) is 51.1 Å². The van der Waals surface area contributed by atoms with Gasteiger partial charge in [0.05, 0.1) is 15.8 Å². The average molecular weight is 622 g/mol. The van der Waals surface area contributed by atoms with Gasteiger partial charge < -0.3 is 10.2 Å². The van der Waals surface area contributed by atoms with Crippen LogP contribution in [0.2, 0.25) is 10.0 Å². The number of carbonyl (C=O) groups excluding carboxylic acids is 2. The van der Waals surface area contributed by atoms with E-state index in [1.807, 2.05) is 74.5 Å². The third-order valence-electron chi connectivity index (χ3n) is 6.02. The van der Waals surface area contributed by atoms with Crippen LogP contribution in [0.3, 0.4) is 0 Å². The van der Waals surface area contributed by atoms with Crippen LogP contribution in [0.5, 0.6) is 0 Å². The predicted octanol–water partition coefficient (Wildman–Crippen LogP) is 7.54. The van der Waals surface area contributed by atoms with Gasteiger partial charge in [-0.15, -0.1) is 11.8 Å². The molecule has 0 fully saturated rings. The molecule has 0 aromatic heterocycles. The molecular formula is C29H31BrCl2N2O2S. The second kappa shape index (κ2) is 14.8. The molecule has 0 aliphatic rings. The van der Waals surface area contributed by atoms with E-state index in [1.54, 1.807) is 17.0 Å². The van der Waals surface area contributed by atoms with Crippen molar-refractivity contribution >= 4 is 62.7 Å².